The second-order valence-corrected chi connectivity index (χ2v) is 4.13. The molecule has 7 heteroatoms. The Balaban J connectivity index is 1.79. The van der Waals surface area contributed by atoms with Crippen molar-refractivity contribution in [2.24, 2.45) is 0 Å². The molecule has 2 amide bonds. The number of carbonyl (C=O) groups is 2. The van der Waals surface area contributed by atoms with Gasteiger partial charge in [0.2, 0.25) is 0 Å². The van der Waals surface area contributed by atoms with Crippen LogP contribution in [0.1, 0.15) is 10.4 Å². The molecule has 20 heavy (non-hydrogen) atoms. The highest BCUT2D eigenvalue weighted by Crippen LogP contribution is 2.30. The van der Waals surface area contributed by atoms with Crippen molar-refractivity contribution in [2.45, 2.75) is 0 Å². The standard InChI is InChI=1S/C13H10N4O3/c18-12-7-20-11-5-9(1-2-10(11)17-12)16-13(19)8-3-4-14-15-6-8/h1-6H,7H2,(H,16,19)(H,17,18). The third-order valence-corrected chi connectivity index (χ3v) is 2.72. The summed E-state index contributed by atoms with van der Waals surface area (Å²) in [6, 6.07) is 6.58. The van der Waals surface area contributed by atoms with E-state index in [0.717, 1.165) is 0 Å². The zero-order valence-electron chi connectivity index (χ0n) is 10.3. The molecule has 0 fully saturated rings. The summed E-state index contributed by atoms with van der Waals surface area (Å²) in [4.78, 5) is 23.1. The third-order valence-electron chi connectivity index (χ3n) is 2.72. The van der Waals surface area contributed by atoms with Crippen molar-refractivity contribution in [3.63, 3.8) is 0 Å². The molecule has 100 valence electrons. The van der Waals surface area contributed by atoms with Gasteiger partial charge in [0, 0.05) is 11.8 Å². The summed E-state index contributed by atoms with van der Waals surface area (Å²) in [6.45, 7) is -0.0291. The normalized spacial score (nSPS) is 12.9. The molecule has 0 bridgehead atoms. The first-order valence-electron chi connectivity index (χ1n) is 5.87. The van der Waals surface area contributed by atoms with Crippen molar-refractivity contribution in [2.75, 3.05) is 17.2 Å². The predicted octanol–water partition coefficient (Wildman–Crippen LogP) is 1.06. The van der Waals surface area contributed by atoms with Crippen LogP contribution < -0.4 is 15.4 Å². The largest absolute Gasteiger partial charge is 0.482 e. The number of hydrogen-bond donors (Lipinski definition) is 2. The summed E-state index contributed by atoms with van der Waals surface area (Å²) in [5.41, 5.74) is 1.57. The molecule has 2 N–H and O–H groups in total. The minimum Gasteiger partial charge on any atom is -0.482 e. The van der Waals surface area contributed by atoms with Gasteiger partial charge in [0.05, 0.1) is 23.6 Å². The van der Waals surface area contributed by atoms with Gasteiger partial charge in [-0.25, -0.2) is 0 Å². The molecule has 0 spiro atoms. The average molecular weight is 270 g/mol. The SMILES string of the molecule is O=C1COc2cc(NC(=O)c3ccnnc3)ccc2N1. The lowest BCUT2D eigenvalue weighted by atomic mass is 10.2. The van der Waals surface area contributed by atoms with Gasteiger partial charge in [-0.1, -0.05) is 0 Å². The fourth-order valence-corrected chi connectivity index (χ4v) is 1.78. The van der Waals surface area contributed by atoms with Crippen molar-refractivity contribution in [1.29, 1.82) is 0 Å². The average Bonchev–Trinajstić information content (AvgIpc) is 2.48. The molecule has 1 aromatic carbocycles. The van der Waals surface area contributed by atoms with Gasteiger partial charge in [0.15, 0.2) is 6.61 Å². The van der Waals surface area contributed by atoms with Crippen LogP contribution in [0.25, 0.3) is 0 Å². The molecule has 0 saturated carbocycles. The maximum absolute atomic E-state index is 11.9. The fourth-order valence-electron chi connectivity index (χ4n) is 1.78. The highest BCUT2D eigenvalue weighted by molar-refractivity contribution is 6.04. The Morgan fingerprint density at radius 3 is 3.00 bits per heavy atom. The molecule has 2 aromatic rings. The van der Waals surface area contributed by atoms with E-state index >= 15 is 0 Å². The summed E-state index contributed by atoms with van der Waals surface area (Å²) in [7, 11) is 0. The first-order valence-corrected chi connectivity index (χ1v) is 5.87. The molecule has 1 aliphatic rings. The van der Waals surface area contributed by atoms with Gasteiger partial charge in [0.1, 0.15) is 5.75 Å². The Morgan fingerprint density at radius 1 is 1.30 bits per heavy atom. The minimum atomic E-state index is -0.292. The molecule has 3 rings (SSSR count). The number of rotatable bonds is 2. The number of ether oxygens (including phenoxy) is 1. The molecule has 1 aliphatic heterocycles. The Hall–Kier alpha value is -2.96. The number of aromatic nitrogens is 2. The molecular formula is C13H10N4O3. The monoisotopic (exact) mass is 270 g/mol. The number of carbonyl (C=O) groups excluding carboxylic acids is 2. The highest BCUT2D eigenvalue weighted by Gasteiger charge is 2.16. The summed E-state index contributed by atoms with van der Waals surface area (Å²) < 4.78 is 5.28. The van der Waals surface area contributed by atoms with Crippen molar-refractivity contribution in [3.8, 4) is 5.75 Å². The van der Waals surface area contributed by atoms with Gasteiger partial charge < -0.3 is 15.4 Å². The zero-order valence-corrected chi connectivity index (χ0v) is 10.3. The van der Waals surface area contributed by atoms with Gasteiger partial charge in [-0.15, -0.1) is 0 Å². The number of hydrogen-bond acceptors (Lipinski definition) is 5. The van der Waals surface area contributed by atoms with E-state index in [1.54, 1.807) is 24.3 Å². The van der Waals surface area contributed by atoms with E-state index in [1.165, 1.54) is 12.4 Å². The van der Waals surface area contributed by atoms with Crippen LogP contribution in [0.4, 0.5) is 11.4 Å². The van der Waals surface area contributed by atoms with E-state index in [-0.39, 0.29) is 18.4 Å². The van der Waals surface area contributed by atoms with Crippen LogP contribution >= 0.6 is 0 Å². The molecule has 7 nitrogen and oxygen atoms in total. The second-order valence-electron chi connectivity index (χ2n) is 4.13. The van der Waals surface area contributed by atoms with Gasteiger partial charge in [0.25, 0.3) is 11.8 Å². The second kappa shape index (κ2) is 4.96. The smallest absolute Gasteiger partial charge is 0.262 e. The van der Waals surface area contributed by atoms with Gasteiger partial charge in [-0.2, -0.15) is 10.2 Å². The molecule has 1 aromatic heterocycles. The summed E-state index contributed by atoms with van der Waals surface area (Å²) in [5, 5.41) is 12.6. The zero-order chi connectivity index (χ0) is 13.9. The first-order chi connectivity index (χ1) is 9.72. The maximum atomic E-state index is 11.9. The Morgan fingerprint density at radius 2 is 2.20 bits per heavy atom. The molecule has 0 radical (unpaired) electrons. The van der Waals surface area contributed by atoms with Gasteiger partial charge in [-0.05, 0) is 18.2 Å². The van der Waals surface area contributed by atoms with Crippen LogP contribution in [-0.2, 0) is 4.79 Å². The summed E-state index contributed by atoms with van der Waals surface area (Å²) >= 11 is 0. The van der Waals surface area contributed by atoms with Crippen molar-refractivity contribution in [3.05, 3.63) is 42.2 Å². The van der Waals surface area contributed by atoms with E-state index in [4.69, 9.17) is 4.74 Å². The summed E-state index contributed by atoms with van der Waals surface area (Å²) in [6.07, 6.45) is 2.82. The molecule has 0 saturated heterocycles. The Bertz CT molecular complexity index is 673. The number of nitrogens with zero attached hydrogens (tertiary/aromatic N) is 2. The van der Waals surface area contributed by atoms with Crippen LogP contribution in [0.3, 0.4) is 0 Å². The number of nitrogens with one attached hydrogen (secondary N) is 2. The van der Waals surface area contributed by atoms with Crippen LogP contribution in [0.15, 0.2) is 36.7 Å². The number of amides is 2. The van der Waals surface area contributed by atoms with Crippen LogP contribution in [0, 0.1) is 0 Å². The van der Waals surface area contributed by atoms with Crippen molar-refractivity contribution < 1.29 is 14.3 Å². The Kier molecular flexibility index (Phi) is 3.00. The van der Waals surface area contributed by atoms with E-state index in [2.05, 4.69) is 20.8 Å². The quantitative estimate of drug-likeness (QED) is 0.851. The van der Waals surface area contributed by atoms with Gasteiger partial charge >= 0.3 is 0 Å². The highest BCUT2D eigenvalue weighted by atomic mass is 16.5. The van der Waals surface area contributed by atoms with E-state index < -0.39 is 0 Å². The summed E-state index contributed by atoms with van der Waals surface area (Å²) in [5.74, 6) is 0.0343. The van der Waals surface area contributed by atoms with Crippen LogP contribution in [0.5, 0.6) is 5.75 Å². The van der Waals surface area contributed by atoms with Crippen molar-refractivity contribution >= 4 is 23.2 Å². The lowest BCUT2D eigenvalue weighted by molar-refractivity contribution is -0.118. The molecule has 0 aliphatic carbocycles. The molecule has 0 atom stereocenters. The maximum Gasteiger partial charge on any atom is 0.262 e. The number of fused-ring (bicyclic) bond motifs is 1. The number of anilines is 2. The minimum absolute atomic E-state index is 0.0291. The molecular weight excluding hydrogens is 260 g/mol. The Labute approximate surface area is 114 Å². The third kappa shape index (κ3) is 2.41. The van der Waals surface area contributed by atoms with E-state index in [9.17, 15) is 9.59 Å². The molecule has 0 unspecified atom stereocenters. The predicted molar refractivity (Wildman–Crippen MR) is 70.6 cm³/mol. The van der Waals surface area contributed by atoms with Crippen LogP contribution in [-0.4, -0.2) is 28.6 Å². The topological polar surface area (TPSA) is 93.2 Å². The van der Waals surface area contributed by atoms with Crippen molar-refractivity contribution in [1.82, 2.24) is 10.2 Å². The first kappa shape index (κ1) is 12.1. The van der Waals surface area contributed by atoms with E-state index in [0.29, 0.717) is 22.7 Å². The van der Waals surface area contributed by atoms with E-state index in [1.807, 2.05) is 0 Å². The number of benzene rings is 1. The van der Waals surface area contributed by atoms with Gasteiger partial charge in [-0.3, -0.25) is 9.59 Å². The lowest BCUT2D eigenvalue weighted by Gasteiger charge is -2.18. The molecule has 2 heterocycles. The fraction of sp³-hybridized carbons (Fsp3) is 0.0769. The van der Waals surface area contributed by atoms with Crippen LogP contribution in [0.2, 0.25) is 0 Å². The lowest BCUT2D eigenvalue weighted by Crippen LogP contribution is -2.25.